The summed E-state index contributed by atoms with van der Waals surface area (Å²) in [4.78, 5) is 13.4. The maximum Gasteiger partial charge on any atom is 0.322 e. The number of hydrogen-bond donors (Lipinski definition) is 1. The van der Waals surface area contributed by atoms with Crippen molar-refractivity contribution in [3.8, 4) is 0 Å². The average molecular weight is 288 g/mol. The molecule has 0 aliphatic heterocycles. The lowest BCUT2D eigenvalue weighted by Gasteiger charge is -2.22. The molecule has 0 saturated heterocycles. The monoisotopic (exact) mass is 288 g/mol. The number of rotatable bonds is 7. The van der Waals surface area contributed by atoms with Gasteiger partial charge in [0.25, 0.3) is 0 Å². The normalized spacial score (nSPS) is 10.4. The molecule has 0 heterocycles. The Morgan fingerprint density at radius 3 is 2.30 bits per heavy atom. The van der Waals surface area contributed by atoms with Crippen LogP contribution in [0.4, 0.5) is 19.3 Å². The van der Waals surface area contributed by atoms with E-state index in [2.05, 4.69) is 5.32 Å². The van der Waals surface area contributed by atoms with Gasteiger partial charge in [0.05, 0.1) is 18.9 Å². The van der Waals surface area contributed by atoms with Crippen LogP contribution in [0, 0.1) is 11.6 Å². The van der Waals surface area contributed by atoms with Gasteiger partial charge in [-0.25, -0.2) is 13.6 Å². The van der Waals surface area contributed by atoms with E-state index in [1.807, 2.05) is 0 Å². The van der Waals surface area contributed by atoms with Crippen molar-refractivity contribution in [3.63, 3.8) is 0 Å². The fraction of sp³-hybridized carbons (Fsp3) is 0.462. The van der Waals surface area contributed by atoms with Gasteiger partial charge in [-0.2, -0.15) is 0 Å². The first-order valence-electron chi connectivity index (χ1n) is 6.07. The van der Waals surface area contributed by atoms with E-state index in [0.717, 1.165) is 6.07 Å². The SMILES string of the molecule is COCCN(CCOC)C(=O)Nc1ccc(F)cc1F. The van der Waals surface area contributed by atoms with E-state index in [-0.39, 0.29) is 5.69 Å². The molecule has 0 fully saturated rings. The second-order valence-electron chi connectivity index (χ2n) is 4.03. The van der Waals surface area contributed by atoms with Gasteiger partial charge in [0.2, 0.25) is 0 Å². The van der Waals surface area contributed by atoms with Crippen LogP contribution in [0.25, 0.3) is 0 Å². The molecule has 0 saturated carbocycles. The van der Waals surface area contributed by atoms with E-state index in [9.17, 15) is 13.6 Å². The maximum absolute atomic E-state index is 13.5. The second kappa shape index (κ2) is 8.44. The van der Waals surface area contributed by atoms with E-state index in [4.69, 9.17) is 9.47 Å². The summed E-state index contributed by atoms with van der Waals surface area (Å²) in [6, 6.07) is 2.47. The number of carbonyl (C=O) groups is 1. The highest BCUT2D eigenvalue weighted by atomic mass is 19.1. The molecule has 5 nitrogen and oxygen atoms in total. The highest BCUT2D eigenvalue weighted by Crippen LogP contribution is 2.15. The van der Waals surface area contributed by atoms with Crippen molar-refractivity contribution < 1.29 is 23.0 Å². The fourth-order valence-corrected chi connectivity index (χ4v) is 1.50. The Bertz CT molecular complexity index is 436. The zero-order valence-corrected chi connectivity index (χ0v) is 11.5. The summed E-state index contributed by atoms with van der Waals surface area (Å²) >= 11 is 0. The van der Waals surface area contributed by atoms with Crippen molar-refractivity contribution in [2.75, 3.05) is 45.8 Å². The van der Waals surface area contributed by atoms with Gasteiger partial charge in [0, 0.05) is 33.4 Å². The molecule has 112 valence electrons. The fourth-order valence-electron chi connectivity index (χ4n) is 1.50. The number of urea groups is 1. The van der Waals surface area contributed by atoms with Crippen LogP contribution in [0.15, 0.2) is 18.2 Å². The zero-order chi connectivity index (χ0) is 15.0. The molecule has 1 N–H and O–H groups in total. The highest BCUT2D eigenvalue weighted by Gasteiger charge is 2.15. The van der Waals surface area contributed by atoms with Gasteiger partial charge in [0.15, 0.2) is 0 Å². The average Bonchev–Trinajstić information content (AvgIpc) is 2.42. The number of benzene rings is 1. The summed E-state index contributed by atoms with van der Waals surface area (Å²) in [5, 5.41) is 2.39. The van der Waals surface area contributed by atoms with Crippen molar-refractivity contribution in [1.82, 2.24) is 4.90 Å². The topological polar surface area (TPSA) is 50.8 Å². The summed E-state index contributed by atoms with van der Waals surface area (Å²) in [6.45, 7) is 1.38. The third-order valence-corrected chi connectivity index (χ3v) is 2.59. The third kappa shape index (κ3) is 5.10. The number of nitrogens with zero attached hydrogens (tertiary/aromatic N) is 1. The predicted octanol–water partition coefficient (Wildman–Crippen LogP) is 2.09. The van der Waals surface area contributed by atoms with Gasteiger partial charge in [-0.3, -0.25) is 0 Å². The van der Waals surface area contributed by atoms with Crippen LogP contribution < -0.4 is 5.32 Å². The van der Waals surface area contributed by atoms with Crippen molar-refractivity contribution in [2.45, 2.75) is 0 Å². The zero-order valence-electron chi connectivity index (χ0n) is 11.5. The number of carbonyl (C=O) groups excluding carboxylic acids is 1. The molecular formula is C13H18F2N2O3. The number of ether oxygens (including phenoxy) is 2. The Morgan fingerprint density at radius 1 is 1.20 bits per heavy atom. The lowest BCUT2D eigenvalue weighted by Crippen LogP contribution is -2.39. The van der Waals surface area contributed by atoms with Gasteiger partial charge in [-0.15, -0.1) is 0 Å². The molecule has 1 aromatic rings. The Labute approximate surface area is 116 Å². The molecule has 7 heteroatoms. The lowest BCUT2D eigenvalue weighted by molar-refractivity contribution is 0.127. The Kier molecular flexibility index (Phi) is 6.89. The molecule has 0 unspecified atom stereocenters. The molecule has 0 bridgehead atoms. The van der Waals surface area contributed by atoms with Crippen LogP contribution in [0.2, 0.25) is 0 Å². The Hall–Kier alpha value is -1.73. The van der Waals surface area contributed by atoms with Gasteiger partial charge in [-0.1, -0.05) is 0 Å². The van der Waals surface area contributed by atoms with Crippen molar-refractivity contribution >= 4 is 11.7 Å². The first-order valence-corrected chi connectivity index (χ1v) is 6.07. The van der Waals surface area contributed by atoms with Gasteiger partial charge in [-0.05, 0) is 12.1 Å². The summed E-state index contributed by atoms with van der Waals surface area (Å²) in [5.41, 5.74) is -0.0729. The number of methoxy groups -OCH3 is 2. The molecule has 0 atom stereocenters. The molecule has 0 aliphatic rings. The molecular weight excluding hydrogens is 270 g/mol. The molecule has 20 heavy (non-hydrogen) atoms. The Balaban J connectivity index is 2.68. The van der Waals surface area contributed by atoms with E-state index < -0.39 is 17.7 Å². The Morgan fingerprint density at radius 2 is 1.80 bits per heavy atom. The molecule has 1 rings (SSSR count). The smallest absolute Gasteiger partial charge is 0.322 e. The van der Waals surface area contributed by atoms with Gasteiger partial charge in [0.1, 0.15) is 11.6 Å². The summed E-state index contributed by atoms with van der Waals surface area (Å²) in [7, 11) is 3.04. The number of anilines is 1. The van der Waals surface area contributed by atoms with E-state index >= 15 is 0 Å². The van der Waals surface area contributed by atoms with E-state index in [1.165, 1.54) is 25.2 Å². The molecule has 0 aromatic heterocycles. The second-order valence-corrected chi connectivity index (χ2v) is 4.03. The van der Waals surface area contributed by atoms with Crippen LogP contribution in [0.5, 0.6) is 0 Å². The van der Waals surface area contributed by atoms with Crippen LogP contribution in [-0.2, 0) is 9.47 Å². The highest BCUT2D eigenvalue weighted by molar-refractivity contribution is 5.89. The molecule has 0 aliphatic carbocycles. The first kappa shape index (κ1) is 16.3. The number of nitrogens with one attached hydrogen (secondary N) is 1. The van der Waals surface area contributed by atoms with Crippen LogP contribution in [0.1, 0.15) is 0 Å². The minimum absolute atomic E-state index is 0.0729. The number of amides is 2. The number of hydrogen-bond acceptors (Lipinski definition) is 3. The standard InChI is InChI=1S/C13H18F2N2O3/c1-19-7-5-17(6-8-20-2)13(18)16-12-4-3-10(14)9-11(12)15/h3-4,9H,5-8H2,1-2H3,(H,16,18). The molecule has 0 spiro atoms. The summed E-state index contributed by atoms with van der Waals surface area (Å²) in [6.07, 6.45) is 0. The minimum atomic E-state index is -0.822. The molecule has 0 radical (unpaired) electrons. The summed E-state index contributed by atoms with van der Waals surface area (Å²) in [5.74, 6) is -1.52. The van der Waals surface area contributed by atoms with Crippen molar-refractivity contribution in [1.29, 1.82) is 0 Å². The third-order valence-electron chi connectivity index (χ3n) is 2.59. The van der Waals surface area contributed by atoms with Crippen molar-refractivity contribution in [2.24, 2.45) is 0 Å². The number of halogens is 2. The van der Waals surface area contributed by atoms with Crippen LogP contribution in [0.3, 0.4) is 0 Å². The molecule has 1 aromatic carbocycles. The minimum Gasteiger partial charge on any atom is -0.383 e. The van der Waals surface area contributed by atoms with Gasteiger partial charge >= 0.3 is 6.03 Å². The first-order chi connectivity index (χ1) is 9.58. The largest absolute Gasteiger partial charge is 0.383 e. The quantitative estimate of drug-likeness (QED) is 0.836. The predicted molar refractivity (Wildman–Crippen MR) is 70.7 cm³/mol. The van der Waals surface area contributed by atoms with Crippen molar-refractivity contribution in [3.05, 3.63) is 29.8 Å². The van der Waals surface area contributed by atoms with Crippen LogP contribution in [-0.4, -0.2) is 51.5 Å². The molecule has 2 amide bonds. The van der Waals surface area contributed by atoms with Gasteiger partial charge < -0.3 is 19.7 Å². The maximum atomic E-state index is 13.5. The van der Waals surface area contributed by atoms with E-state index in [0.29, 0.717) is 32.4 Å². The van der Waals surface area contributed by atoms with Crippen LogP contribution >= 0.6 is 0 Å². The lowest BCUT2D eigenvalue weighted by atomic mass is 10.3. The summed E-state index contributed by atoms with van der Waals surface area (Å²) < 4.78 is 36.0. The van der Waals surface area contributed by atoms with E-state index in [1.54, 1.807) is 0 Å².